The Balaban J connectivity index is 1.80. The van der Waals surface area contributed by atoms with Crippen LogP contribution in [0.25, 0.3) is 10.2 Å². The molecule has 1 atom stereocenters. The smallest absolute Gasteiger partial charge is 0.257 e. The molecule has 1 aromatic heterocycles. The van der Waals surface area contributed by atoms with Crippen LogP contribution in [0.1, 0.15) is 10.4 Å². The van der Waals surface area contributed by atoms with Gasteiger partial charge >= 0.3 is 0 Å². The summed E-state index contributed by atoms with van der Waals surface area (Å²) in [5.41, 5.74) is 1.39. The molecule has 106 valence electrons. The molecule has 1 heterocycles. The number of benzene rings is 2. The number of para-hydroxylation sites is 1. The largest absolute Gasteiger partial charge is 0.298 e. The number of amides is 1. The van der Waals surface area contributed by atoms with Gasteiger partial charge in [-0.15, -0.1) is 0 Å². The van der Waals surface area contributed by atoms with E-state index in [-0.39, 0.29) is 5.91 Å². The Bertz CT molecular complexity index is 792. The molecule has 0 fully saturated rings. The molecule has 0 aliphatic carbocycles. The fourth-order valence-corrected chi connectivity index (χ4v) is 3.27. The summed E-state index contributed by atoms with van der Waals surface area (Å²) in [4.78, 5) is 17.2. The van der Waals surface area contributed by atoms with E-state index < -0.39 is 10.8 Å². The van der Waals surface area contributed by atoms with Crippen molar-refractivity contribution in [3.05, 3.63) is 54.1 Å². The Morgan fingerprint density at radius 2 is 1.86 bits per heavy atom. The normalized spacial score (nSPS) is 12.2. The fourth-order valence-electron chi connectivity index (χ4n) is 1.89. The molecule has 3 aromatic rings. The van der Waals surface area contributed by atoms with Gasteiger partial charge in [-0.2, -0.15) is 0 Å². The Labute approximate surface area is 128 Å². The van der Waals surface area contributed by atoms with Gasteiger partial charge in [-0.3, -0.25) is 14.3 Å². The highest BCUT2D eigenvalue weighted by Gasteiger charge is 2.10. The van der Waals surface area contributed by atoms with Crippen LogP contribution in [0.4, 0.5) is 5.13 Å². The third-order valence-electron chi connectivity index (χ3n) is 2.96. The number of nitrogens with zero attached hydrogens (tertiary/aromatic N) is 1. The summed E-state index contributed by atoms with van der Waals surface area (Å²) < 4.78 is 12.4. The number of aromatic nitrogens is 1. The van der Waals surface area contributed by atoms with E-state index in [1.807, 2.05) is 24.3 Å². The number of rotatable bonds is 3. The first-order valence-corrected chi connectivity index (χ1v) is 8.61. The monoisotopic (exact) mass is 316 g/mol. The fraction of sp³-hybridized carbons (Fsp3) is 0.0667. The summed E-state index contributed by atoms with van der Waals surface area (Å²) in [7, 11) is -1.04. The number of fused-ring (bicyclic) bond motifs is 1. The van der Waals surface area contributed by atoms with Gasteiger partial charge in [0, 0.05) is 27.5 Å². The molecule has 0 aliphatic heterocycles. The third-order valence-corrected chi connectivity index (χ3v) is 4.85. The van der Waals surface area contributed by atoms with E-state index in [1.165, 1.54) is 11.3 Å². The van der Waals surface area contributed by atoms with Crippen LogP contribution in [0.3, 0.4) is 0 Å². The summed E-state index contributed by atoms with van der Waals surface area (Å²) in [5.74, 6) is -0.220. The zero-order valence-corrected chi connectivity index (χ0v) is 12.8. The first kappa shape index (κ1) is 13.9. The number of anilines is 1. The second-order valence-electron chi connectivity index (χ2n) is 4.42. The van der Waals surface area contributed by atoms with E-state index in [4.69, 9.17) is 0 Å². The van der Waals surface area contributed by atoms with Crippen molar-refractivity contribution >= 4 is 43.4 Å². The second-order valence-corrected chi connectivity index (χ2v) is 6.83. The van der Waals surface area contributed by atoms with Gasteiger partial charge in [-0.05, 0) is 36.4 Å². The quantitative estimate of drug-likeness (QED) is 0.806. The number of hydrogen-bond acceptors (Lipinski definition) is 4. The van der Waals surface area contributed by atoms with Crippen LogP contribution in [0, 0.1) is 0 Å². The van der Waals surface area contributed by atoms with Gasteiger partial charge in [0.25, 0.3) is 5.91 Å². The molecule has 6 heteroatoms. The van der Waals surface area contributed by atoms with E-state index in [0.717, 1.165) is 10.2 Å². The summed E-state index contributed by atoms with van der Waals surface area (Å²) in [6.07, 6.45) is 1.61. The number of thiazole rings is 1. The number of carbonyl (C=O) groups excluding carboxylic acids is 1. The van der Waals surface area contributed by atoms with Crippen molar-refractivity contribution in [1.82, 2.24) is 4.98 Å². The zero-order valence-electron chi connectivity index (χ0n) is 11.2. The molecule has 1 unspecified atom stereocenters. The molecule has 4 nitrogen and oxygen atoms in total. The average molecular weight is 316 g/mol. The number of nitrogens with one attached hydrogen (secondary N) is 1. The Kier molecular flexibility index (Phi) is 3.81. The maximum absolute atomic E-state index is 12.2. The van der Waals surface area contributed by atoms with Crippen molar-refractivity contribution in [3.63, 3.8) is 0 Å². The predicted octanol–water partition coefficient (Wildman–Crippen LogP) is 3.29. The molecule has 0 bridgehead atoms. The zero-order chi connectivity index (χ0) is 14.8. The van der Waals surface area contributed by atoms with Crippen molar-refractivity contribution in [2.75, 3.05) is 11.6 Å². The van der Waals surface area contributed by atoms with E-state index in [9.17, 15) is 9.00 Å². The van der Waals surface area contributed by atoms with Crippen LogP contribution < -0.4 is 5.32 Å². The second kappa shape index (κ2) is 5.75. The van der Waals surface area contributed by atoms with Crippen molar-refractivity contribution in [2.24, 2.45) is 0 Å². The summed E-state index contributed by atoms with van der Waals surface area (Å²) in [5, 5.41) is 3.36. The van der Waals surface area contributed by atoms with Gasteiger partial charge in [0.1, 0.15) is 0 Å². The first-order chi connectivity index (χ1) is 10.1. The lowest BCUT2D eigenvalue weighted by Crippen LogP contribution is -2.11. The van der Waals surface area contributed by atoms with Crippen molar-refractivity contribution < 1.29 is 9.00 Å². The molecule has 1 amide bonds. The Morgan fingerprint density at radius 3 is 2.52 bits per heavy atom. The molecule has 0 aliphatic rings. The molecule has 1 N–H and O–H groups in total. The predicted molar refractivity (Wildman–Crippen MR) is 86.3 cm³/mol. The molecular formula is C15H12N2O2S2. The standard InChI is InChI=1S/C15H12N2O2S2/c1-21(19)11-8-6-10(7-9-11)14(18)17-15-16-12-4-2-3-5-13(12)20-15/h2-9H,1H3,(H,16,17,18). The van der Waals surface area contributed by atoms with Gasteiger partial charge in [0.05, 0.1) is 10.2 Å². The maximum atomic E-state index is 12.2. The minimum Gasteiger partial charge on any atom is -0.298 e. The Hall–Kier alpha value is -2.05. The molecule has 2 aromatic carbocycles. The van der Waals surface area contributed by atoms with Crippen LogP contribution >= 0.6 is 11.3 Å². The summed E-state index contributed by atoms with van der Waals surface area (Å²) in [6.45, 7) is 0. The summed E-state index contributed by atoms with van der Waals surface area (Å²) >= 11 is 1.44. The van der Waals surface area contributed by atoms with E-state index in [0.29, 0.717) is 15.6 Å². The SMILES string of the molecule is CS(=O)c1ccc(C(=O)Nc2nc3ccccc3s2)cc1. The highest BCUT2D eigenvalue weighted by atomic mass is 32.2. The minimum absolute atomic E-state index is 0.220. The molecule has 0 saturated carbocycles. The molecular weight excluding hydrogens is 304 g/mol. The van der Waals surface area contributed by atoms with E-state index in [1.54, 1.807) is 30.5 Å². The van der Waals surface area contributed by atoms with Crippen molar-refractivity contribution in [3.8, 4) is 0 Å². The molecule has 21 heavy (non-hydrogen) atoms. The first-order valence-electron chi connectivity index (χ1n) is 6.24. The summed E-state index contributed by atoms with van der Waals surface area (Å²) in [6, 6.07) is 14.5. The highest BCUT2D eigenvalue weighted by molar-refractivity contribution is 7.84. The lowest BCUT2D eigenvalue weighted by molar-refractivity contribution is 0.102. The van der Waals surface area contributed by atoms with Crippen LogP contribution in [-0.4, -0.2) is 21.4 Å². The van der Waals surface area contributed by atoms with Gasteiger partial charge in [0.15, 0.2) is 5.13 Å². The Morgan fingerprint density at radius 1 is 1.14 bits per heavy atom. The number of hydrogen-bond donors (Lipinski definition) is 1. The van der Waals surface area contributed by atoms with Gasteiger partial charge in [-0.25, -0.2) is 4.98 Å². The van der Waals surface area contributed by atoms with Crippen LogP contribution in [0.5, 0.6) is 0 Å². The molecule has 0 saturated heterocycles. The topological polar surface area (TPSA) is 59.1 Å². The van der Waals surface area contributed by atoms with Gasteiger partial charge in [0.2, 0.25) is 0 Å². The van der Waals surface area contributed by atoms with Crippen LogP contribution in [-0.2, 0) is 10.8 Å². The van der Waals surface area contributed by atoms with Crippen molar-refractivity contribution in [1.29, 1.82) is 0 Å². The molecule has 0 radical (unpaired) electrons. The highest BCUT2D eigenvalue weighted by Crippen LogP contribution is 2.25. The third kappa shape index (κ3) is 3.01. The van der Waals surface area contributed by atoms with Crippen LogP contribution in [0.2, 0.25) is 0 Å². The van der Waals surface area contributed by atoms with Crippen molar-refractivity contribution in [2.45, 2.75) is 4.90 Å². The molecule has 3 rings (SSSR count). The maximum Gasteiger partial charge on any atom is 0.257 e. The minimum atomic E-state index is -1.04. The lowest BCUT2D eigenvalue weighted by Gasteiger charge is -2.02. The van der Waals surface area contributed by atoms with E-state index >= 15 is 0 Å². The van der Waals surface area contributed by atoms with E-state index in [2.05, 4.69) is 10.3 Å². The molecule has 0 spiro atoms. The lowest BCUT2D eigenvalue weighted by atomic mass is 10.2. The van der Waals surface area contributed by atoms with Gasteiger partial charge in [-0.1, -0.05) is 23.5 Å². The average Bonchev–Trinajstić information content (AvgIpc) is 2.89. The van der Waals surface area contributed by atoms with Gasteiger partial charge < -0.3 is 0 Å². The number of carbonyl (C=O) groups is 1. The van der Waals surface area contributed by atoms with Crippen LogP contribution in [0.15, 0.2) is 53.4 Å².